The highest BCUT2D eigenvalue weighted by Gasteiger charge is 2.33. The zero-order valence-corrected chi connectivity index (χ0v) is 13.0. The van der Waals surface area contributed by atoms with Crippen LogP contribution in [0.5, 0.6) is 0 Å². The topological polar surface area (TPSA) is 38.7 Å². The van der Waals surface area contributed by atoms with Crippen LogP contribution >= 0.6 is 0 Å². The average molecular weight is 304 g/mol. The Morgan fingerprint density at radius 3 is 2.05 bits per heavy atom. The number of rotatable bonds is 9. The van der Waals surface area contributed by atoms with Gasteiger partial charge in [0.15, 0.2) is 0 Å². The lowest BCUT2D eigenvalue weighted by atomic mass is 10.1. The van der Waals surface area contributed by atoms with Gasteiger partial charge in [0, 0.05) is 26.3 Å². The summed E-state index contributed by atoms with van der Waals surface area (Å²) >= 11 is 0. The summed E-state index contributed by atoms with van der Waals surface area (Å²) in [6, 6.07) is 4.15. The van der Waals surface area contributed by atoms with Crippen molar-refractivity contribution < 1.29 is 22.4 Å². The second-order valence-electron chi connectivity index (χ2n) is 4.81. The van der Waals surface area contributed by atoms with E-state index in [-0.39, 0.29) is 0 Å². The van der Waals surface area contributed by atoms with Crippen molar-refractivity contribution in [3.63, 3.8) is 0 Å². The summed E-state index contributed by atoms with van der Waals surface area (Å²) in [5, 5.41) is 0. The standard InChI is InChI=1S/C14H22F2O3Si/c1-18-20(17,19-2)8-6-4-3-5-7-12-9-13(15)11-14(16)10-12/h9-11,17H,3-8H2,1-2H3. The molecule has 1 aromatic rings. The fraction of sp³-hybridized carbons (Fsp3) is 0.571. The van der Waals surface area contributed by atoms with Gasteiger partial charge in [-0.25, -0.2) is 8.78 Å². The maximum absolute atomic E-state index is 13.0. The molecule has 0 aliphatic carbocycles. The van der Waals surface area contributed by atoms with Crippen LogP contribution in [-0.2, 0) is 15.3 Å². The van der Waals surface area contributed by atoms with Gasteiger partial charge in [0.25, 0.3) is 0 Å². The summed E-state index contributed by atoms with van der Waals surface area (Å²) < 4.78 is 35.9. The van der Waals surface area contributed by atoms with Crippen molar-refractivity contribution in [2.45, 2.75) is 38.1 Å². The molecule has 0 fully saturated rings. The maximum Gasteiger partial charge on any atom is 0.497 e. The van der Waals surface area contributed by atoms with Gasteiger partial charge in [-0.3, -0.25) is 0 Å². The van der Waals surface area contributed by atoms with E-state index in [0.29, 0.717) is 18.0 Å². The van der Waals surface area contributed by atoms with E-state index in [0.717, 1.165) is 31.7 Å². The first-order valence-corrected chi connectivity index (χ1v) is 8.74. The summed E-state index contributed by atoms with van der Waals surface area (Å²) in [4.78, 5) is 9.84. The molecule has 0 saturated heterocycles. The molecule has 3 nitrogen and oxygen atoms in total. The first-order chi connectivity index (χ1) is 9.49. The van der Waals surface area contributed by atoms with E-state index in [9.17, 15) is 13.6 Å². The highest BCUT2D eigenvalue weighted by atomic mass is 28.4. The predicted molar refractivity (Wildman–Crippen MR) is 75.3 cm³/mol. The molecule has 114 valence electrons. The minimum absolute atomic E-state index is 0.531. The third-order valence-electron chi connectivity index (χ3n) is 3.27. The lowest BCUT2D eigenvalue weighted by Crippen LogP contribution is -2.39. The van der Waals surface area contributed by atoms with Crippen molar-refractivity contribution in [2.24, 2.45) is 0 Å². The summed E-state index contributed by atoms with van der Waals surface area (Å²) in [7, 11) is -0.0303. The molecule has 0 bridgehead atoms. The monoisotopic (exact) mass is 304 g/mol. The number of benzene rings is 1. The van der Waals surface area contributed by atoms with Crippen LogP contribution in [0.15, 0.2) is 18.2 Å². The van der Waals surface area contributed by atoms with Crippen LogP contribution < -0.4 is 0 Å². The number of halogens is 2. The largest absolute Gasteiger partial charge is 0.497 e. The molecule has 0 atom stereocenters. The quantitative estimate of drug-likeness (QED) is 0.562. The summed E-state index contributed by atoms with van der Waals surface area (Å²) in [6.45, 7) is 0. The van der Waals surface area contributed by atoms with Gasteiger partial charge in [-0.2, -0.15) is 0 Å². The molecule has 0 saturated carbocycles. The van der Waals surface area contributed by atoms with Gasteiger partial charge in [-0.05, 0) is 37.0 Å². The molecule has 0 unspecified atom stereocenters. The van der Waals surface area contributed by atoms with Gasteiger partial charge < -0.3 is 13.6 Å². The molecular weight excluding hydrogens is 282 g/mol. The third kappa shape index (κ3) is 6.09. The van der Waals surface area contributed by atoms with E-state index in [4.69, 9.17) is 8.85 Å². The van der Waals surface area contributed by atoms with Crippen LogP contribution in [0.1, 0.15) is 31.2 Å². The number of hydrogen-bond donors (Lipinski definition) is 1. The molecule has 1 aromatic carbocycles. The maximum atomic E-state index is 13.0. The van der Waals surface area contributed by atoms with E-state index < -0.39 is 20.4 Å². The van der Waals surface area contributed by atoms with Crippen LogP contribution in [0, 0.1) is 11.6 Å². The first kappa shape index (κ1) is 17.2. The Balaban J connectivity index is 2.19. The van der Waals surface area contributed by atoms with Gasteiger partial charge in [0.1, 0.15) is 11.6 Å². The lowest BCUT2D eigenvalue weighted by Gasteiger charge is -2.19. The van der Waals surface area contributed by atoms with Gasteiger partial charge in [-0.1, -0.05) is 12.8 Å². The molecule has 0 aromatic heterocycles. The molecule has 1 N–H and O–H groups in total. The predicted octanol–water partition coefficient (Wildman–Crippen LogP) is 3.29. The van der Waals surface area contributed by atoms with Crippen molar-refractivity contribution in [3.05, 3.63) is 35.4 Å². The Morgan fingerprint density at radius 1 is 0.950 bits per heavy atom. The molecule has 0 aliphatic rings. The van der Waals surface area contributed by atoms with Crippen LogP contribution in [0.2, 0.25) is 6.04 Å². The smallest absolute Gasteiger partial charge is 0.390 e. The summed E-state index contributed by atoms with van der Waals surface area (Å²) in [5.74, 6) is -1.06. The molecule has 0 aliphatic heterocycles. The second kappa shape index (κ2) is 8.46. The molecule has 0 radical (unpaired) electrons. The molecule has 20 heavy (non-hydrogen) atoms. The molecule has 0 spiro atoms. The Bertz CT molecular complexity index is 391. The molecule has 0 amide bonds. The third-order valence-corrected chi connectivity index (χ3v) is 5.53. The van der Waals surface area contributed by atoms with E-state index in [2.05, 4.69) is 0 Å². The van der Waals surface area contributed by atoms with Crippen molar-refractivity contribution in [1.29, 1.82) is 0 Å². The SMILES string of the molecule is CO[Si](O)(CCCCCCc1cc(F)cc(F)c1)OC. The van der Waals surface area contributed by atoms with E-state index in [1.54, 1.807) is 0 Å². The average Bonchev–Trinajstić information content (AvgIpc) is 2.41. The Hall–Kier alpha value is -0.823. The number of aryl methyl sites for hydroxylation is 1. The fourth-order valence-electron chi connectivity index (χ4n) is 2.07. The van der Waals surface area contributed by atoms with Crippen LogP contribution in [0.3, 0.4) is 0 Å². The number of unbranched alkanes of at least 4 members (excludes halogenated alkanes) is 3. The zero-order chi connectivity index (χ0) is 15.0. The molecule has 0 heterocycles. The van der Waals surface area contributed by atoms with E-state index in [1.165, 1.54) is 26.4 Å². The van der Waals surface area contributed by atoms with Crippen LogP contribution in [0.4, 0.5) is 8.78 Å². The Labute approximate surface area is 119 Å². The van der Waals surface area contributed by atoms with E-state index in [1.807, 2.05) is 0 Å². The van der Waals surface area contributed by atoms with Gasteiger partial charge in [0.2, 0.25) is 0 Å². The van der Waals surface area contributed by atoms with Crippen LogP contribution in [-0.4, -0.2) is 27.8 Å². The summed E-state index contributed by atoms with van der Waals surface area (Å²) in [5.41, 5.74) is 0.683. The minimum Gasteiger partial charge on any atom is -0.390 e. The van der Waals surface area contributed by atoms with Gasteiger partial charge in [0.05, 0.1) is 0 Å². The summed E-state index contributed by atoms with van der Waals surface area (Å²) in [6.07, 6.45) is 4.21. The zero-order valence-electron chi connectivity index (χ0n) is 12.0. The molecule has 1 rings (SSSR count). The molecular formula is C14H22F2O3Si. The second-order valence-corrected chi connectivity index (χ2v) is 7.55. The minimum atomic E-state index is -2.94. The van der Waals surface area contributed by atoms with Crippen LogP contribution in [0.25, 0.3) is 0 Å². The highest BCUT2D eigenvalue weighted by molar-refractivity contribution is 6.59. The van der Waals surface area contributed by atoms with Gasteiger partial charge >= 0.3 is 8.80 Å². The highest BCUT2D eigenvalue weighted by Crippen LogP contribution is 2.16. The Morgan fingerprint density at radius 2 is 1.50 bits per heavy atom. The Kier molecular flexibility index (Phi) is 7.29. The molecule has 6 heteroatoms. The fourth-order valence-corrected chi connectivity index (χ4v) is 3.35. The number of hydrogen-bond acceptors (Lipinski definition) is 3. The van der Waals surface area contributed by atoms with Crippen molar-refractivity contribution in [1.82, 2.24) is 0 Å². The van der Waals surface area contributed by atoms with Gasteiger partial charge in [-0.15, -0.1) is 0 Å². The van der Waals surface area contributed by atoms with Crippen molar-refractivity contribution in [3.8, 4) is 0 Å². The van der Waals surface area contributed by atoms with Crippen molar-refractivity contribution >= 4 is 8.80 Å². The normalized spacial score (nSPS) is 11.8. The van der Waals surface area contributed by atoms with E-state index >= 15 is 0 Å². The lowest BCUT2D eigenvalue weighted by molar-refractivity contribution is 0.150. The first-order valence-electron chi connectivity index (χ1n) is 6.77. The van der Waals surface area contributed by atoms with Crippen molar-refractivity contribution in [2.75, 3.05) is 14.2 Å².